The van der Waals surface area contributed by atoms with Crippen LogP contribution in [0.1, 0.15) is 27.0 Å². The predicted octanol–water partition coefficient (Wildman–Crippen LogP) is 4.30. The largest absolute Gasteiger partial charge is 0.493 e. The van der Waals surface area contributed by atoms with Gasteiger partial charge in [0.15, 0.2) is 11.5 Å². The molecule has 0 aromatic heterocycles. The molecule has 3 rings (SSSR count). The van der Waals surface area contributed by atoms with Gasteiger partial charge in [0.25, 0.3) is 5.91 Å². The van der Waals surface area contributed by atoms with Crippen molar-refractivity contribution in [1.82, 2.24) is 5.43 Å². The first kappa shape index (κ1) is 26.5. The van der Waals surface area contributed by atoms with Gasteiger partial charge in [0.05, 0.1) is 31.8 Å². The highest BCUT2D eigenvalue weighted by Gasteiger charge is 2.18. The van der Waals surface area contributed by atoms with Gasteiger partial charge < -0.3 is 9.47 Å². The number of anilines is 1. The quantitative estimate of drug-likeness (QED) is 0.237. The molecule has 3 aromatic rings. The van der Waals surface area contributed by atoms with Gasteiger partial charge in [-0.15, -0.1) is 0 Å². The molecule has 3 aromatic carbocycles. The number of hydrazone groups is 1. The lowest BCUT2D eigenvalue weighted by atomic mass is 10.1. The van der Waals surface area contributed by atoms with Gasteiger partial charge in [-0.05, 0) is 60.5 Å². The number of sulfonamides is 1. The summed E-state index contributed by atoms with van der Waals surface area (Å²) >= 11 is 0. The molecule has 0 unspecified atom stereocenters. The van der Waals surface area contributed by atoms with E-state index in [0.29, 0.717) is 34.9 Å². The highest BCUT2D eigenvalue weighted by Crippen LogP contribution is 2.27. The first-order valence-electron chi connectivity index (χ1n) is 11.1. The summed E-state index contributed by atoms with van der Waals surface area (Å²) in [5.41, 5.74) is 5.93. The topological polar surface area (TPSA) is 97.3 Å². The molecule has 9 heteroatoms. The third-order valence-electron chi connectivity index (χ3n) is 5.19. The molecule has 0 fully saturated rings. The lowest BCUT2D eigenvalue weighted by molar-refractivity contribution is 0.0955. The van der Waals surface area contributed by atoms with E-state index >= 15 is 0 Å². The zero-order valence-electron chi connectivity index (χ0n) is 20.5. The van der Waals surface area contributed by atoms with E-state index in [-0.39, 0.29) is 6.54 Å². The lowest BCUT2D eigenvalue weighted by Crippen LogP contribution is -2.29. The lowest BCUT2D eigenvalue weighted by Gasteiger charge is -2.22. The minimum Gasteiger partial charge on any atom is -0.493 e. The summed E-state index contributed by atoms with van der Waals surface area (Å²) in [6.45, 7) is 6.13. The van der Waals surface area contributed by atoms with Gasteiger partial charge in [0.1, 0.15) is 6.61 Å². The van der Waals surface area contributed by atoms with E-state index in [0.717, 1.165) is 17.4 Å². The van der Waals surface area contributed by atoms with Crippen molar-refractivity contribution < 1.29 is 22.7 Å². The van der Waals surface area contributed by atoms with Crippen molar-refractivity contribution in [2.45, 2.75) is 13.5 Å². The van der Waals surface area contributed by atoms with Gasteiger partial charge >= 0.3 is 0 Å². The van der Waals surface area contributed by atoms with Gasteiger partial charge in [-0.2, -0.15) is 5.10 Å². The van der Waals surface area contributed by atoms with Crippen LogP contribution in [0.5, 0.6) is 11.5 Å². The molecular weight excluding hydrogens is 478 g/mol. The molecule has 0 aliphatic carbocycles. The summed E-state index contributed by atoms with van der Waals surface area (Å²) in [6, 6.07) is 19.2. The van der Waals surface area contributed by atoms with Gasteiger partial charge in [-0.25, -0.2) is 13.8 Å². The molecule has 0 heterocycles. The molecule has 8 nitrogen and oxygen atoms in total. The Hall–Kier alpha value is -4.11. The zero-order chi connectivity index (χ0) is 26.1. The van der Waals surface area contributed by atoms with E-state index in [9.17, 15) is 13.2 Å². The van der Waals surface area contributed by atoms with E-state index in [1.165, 1.54) is 17.6 Å². The number of nitrogens with zero attached hydrogens (tertiary/aromatic N) is 2. The SMILES string of the molecule is C=CCOc1ccc(/C=N\NC(=O)c2ccc(N(Cc3ccc(C)cc3)S(C)(=O)=O)cc2)cc1OC. The number of carbonyl (C=O) groups is 1. The number of amides is 1. The van der Waals surface area contributed by atoms with Crippen molar-refractivity contribution in [2.75, 3.05) is 24.3 Å². The number of hydrogen-bond donors (Lipinski definition) is 1. The van der Waals surface area contributed by atoms with Crippen LogP contribution in [0.15, 0.2) is 84.5 Å². The summed E-state index contributed by atoms with van der Waals surface area (Å²) in [6.07, 6.45) is 4.28. The molecule has 0 spiro atoms. The first-order chi connectivity index (χ1) is 17.2. The fourth-order valence-electron chi connectivity index (χ4n) is 3.30. The van der Waals surface area contributed by atoms with Crippen molar-refractivity contribution in [2.24, 2.45) is 5.10 Å². The van der Waals surface area contributed by atoms with E-state index in [4.69, 9.17) is 9.47 Å². The summed E-state index contributed by atoms with van der Waals surface area (Å²) < 4.78 is 37.0. The molecule has 36 heavy (non-hydrogen) atoms. The van der Waals surface area contributed by atoms with Crippen LogP contribution in [-0.4, -0.2) is 40.5 Å². The zero-order valence-corrected chi connectivity index (χ0v) is 21.3. The number of rotatable bonds is 11. The van der Waals surface area contributed by atoms with Crippen molar-refractivity contribution in [3.63, 3.8) is 0 Å². The van der Waals surface area contributed by atoms with Gasteiger partial charge in [0.2, 0.25) is 10.0 Å². The minimum atomic E-state index is -3.53. The highest BCUT2D eigenvalue weighted by atomic mass is 32.2. The second-order valence-corrected chi connectivity index (χ2v) is 9.92. The highest BCUT2D eigenvalue weighted by molar-refractivity contribution is 7.92. The average molecular weight is 508 g/mol. The maximum atomic E-state index is 12.5. The van der Waals surface area contributed by atoms with E-state index < -0.39 is 15.9 Å². The summed E-state index contributed by atoms with van der Waals surface area (Å²) in [5.74, 6) is 0.674. The van der Waals surface area contributed by atoms with Gasteiger partial charge in [0, 0.05) is 5.56 Å². The Kier molecular flexibility index (Phi) is 8.86. The third-order valence-corrected chi connectivity index (χ3v) is 6.33. The minimum absolute atomic E-state index is 0.190. The Morgan fingerprint density at radius 1 is 1.06 bits per heavy atom. The summed E-state index contributed by atoms with van der Waals surface area (Å²) in [4.78, 5) is 12.5. The number of benzene rings is 3. The Bertz CT molecular complexity index is 1330. The molecule has 1 N–H and O–H groups in total. The number of hydrogen-bond acceptors (Lipinski definition) is 6. The predicted molar refractivity (Wildman–Crippen MR) is 142 cm³/mol. The number of methoxy groups -OCH3 is 1. The summed E-state index contributed by atoms with van der Waals surface area (Å²) in [7, 11) is -2.00. The Morgan fingerprint density at radius 2 is 1.75 bits per heavy atom. The number of nitrogens with one attached hydrogen (secondary N) is 1. The van der Waals surface area contributed by atoms with Crippen molar-refractivity contribution >= 4 is 27.8 Å². The molecule has 188 valence electrons. The maximum Gasteiger partial charge on any atom is 0.271 e. The van der Waals surface area contributed by atoms with E-state index in [2.05, 4.69) is 17.1 Å². The van der Waals surface area contributed by atoms with Gasteiger partial charge in [-0.3, -0.25) is 9.10 Å². The fourth-order valence-corrected chi connectivity index (χ4v) is 4.19. The van der Waals surface area contributed by atoms with E-state index in [1.54, 1.807) is 48.5 Å². The van der Waals surface area contributed by atoms with Crippen LogP contribution in [0.4, 0.5) is 5.69 Å². The second-order valence-electron chi connectivity index (χ2n) is 8.01. The molecule has 0 saturated carbocycles. The van der Waals surface area contributed by atoms with Crippen molar-refractivity contribution in [1.29, 1.82) is 0 Å². The first-order valence-corrected chi connectivity index (χ1v) is 12.9. The van der Waals surface area contributed by atoms with Crippen LogP contribution in [0.25, 0.3) is 0 Å². The Labute approximate surface area is 211 Å². The van der Waals surface area contributed by atoms with E-state index in [1.807, 2.05) is 31.2 Å². The second kappa shape index (κ2) is 12.0. The molecule has 0 radical (unpaired) electrons. The Morgan fingerprint density at radius 3 is 2.36 bits per heavy atom. The van der Waals surface area contributed by atoms with Crippen LogP contribution in [0.3, 0.4) is 0 Å². The molecular formula is C27H29N3O5S. The fraction of sp³-hybridized carbons (Fsp3) is 0.185. The molecule has 1 amide bonds. The van der Waals surface area contributed by atoms with Crippen molar-refractivity contribution in [3.05, 3.63) is 102 Å². The standard InChI is InChI=1S/C27H29N3O5S/c1-5-16-35-25-15-10-22(17-26(25)34-3)18-28-29-27(31)23-11-13-24(14-12-23)30(36(4,32)33)19-21-8-6-20(2)7-9-21/h5-15,17-18H,1,16,19H2,2-4H3,(H,29,31)/b28-18-. The molecule has 0 aliphatic rings. The number of aryl methyl sites for hydroxylation is 1. The third kappa shape index (κ3) is 7.19. The normalized spacial score (nSPS) is 11.2. The van der Waals surface area contributed by atoms with Crippen LogP contribution in [0.2, 0.25) is 0 Å². The molecule has 0 atom stereocenters. The smallest absolute Gasteiger partial charge is 0.271 e. The Balaban J connectivity index is 1.68. The van der Waals surface area contributed by atoms with Crippen LogP contribution >= 0.6 is 0 Å². The summed E-state index contributed by atoms with van der Waals surface area (Å²) in [5, 5.41) is 4.00. The average Bonchev–Trinajstić information content (AvgIpc) is 2.86. The number of ether oxygens (including phenoxy) is 2. The number of carbonyl (C=O) groups excluding carboxylic acids is 1. The molecule has 0 aliphatic heterocycles. The molecule has 0 saturated heterocycles. The maximum absolute atomic E-state index is 12.5. The monoisotopic (exact) mass is 507 g/mol. The molecule has 0 bridgehead atoms. The van der Waals surface area contributed by atoms with Crippen LogP contribution in [0, 0.1) is 6.92 Å². The van der Waals surface area contributed by atoms with Crippen molar-refractivity contribution in [3.8, 4) is 11.5 Å². The van der Waals surface area contributed by atoms with Gasteiger partial charge in [-0.1, -0.05) is 42.5 Å². The van der Waals surface area contributed by atoms with Crippen LogP contribution < -0.4 is 19.2 Å². The van der Waals surface area contributed by atoms with Crippen LogP contribution in [-0.2, 0) is 16.6 Å².